The van der Waals surface area contributed by atoms with Gasteiger partial charge in [0.2, 0.25) is 0 Å². The van der Waals surface area contributed by atoms with Crippen molar-refractivity contribution in [3.63, 3.8) is 0 Å². The predicted octanol–water partition coefficient (Wildman–Crippen LogP) is 5.18. The molecule has 3 aromatic rings. The van der Waals surface area contributed by atoms with Gasteiger partial charge in [0.05, 0.1) is 5.69 Å². The third-order valence-electron chi connectivity index (χ3n) is 5.01. The van der Waals surface area contributed by atoms with Crippen LogP contribution >= 0.6 is 27.5 Å². The summed E-state index contributed by atoms with van der Waals surface area (Å²) >= 11 is 9.63. The number of aromatic nitrogens is 1. The van der Waals surface area contributed by atoms with Gasteiger partial charge in [-0.05, 0) is 73.5 Å². The first kappa shape index (κ1) is 21.1. The van der Waals surface area contributed by atoms with Gasteiger partial charge in [0, 0.05) is 27.1 Å². The standard InChI is InChI=1S/C23H17BrClN3O3/c1-13-5-7-17(12-19(13)25)27-9-3-4-16(27)11-18-21(29)26-23(31)28(22(18)30)20-8-6-15(24)10-14(20)2/h3-12H,1-2H3,(H,26,29,31)/b18-11+. The molecule has 0 spiro atoms. The Bertz CT molecular complexity index is 1280. The Morgan fingerprint density at radius 1 is 1.00 bits per heavy atom. The summed E-state index contributed by atoms with van der Waals surface area (Å²) in [5.41, 5.74) is 3.31. The van der Waals surface area contributed by atoms with Gasteiger partial charge in [-0.3, -0.25) is 14.9 Å². The Balaban J connectivity index is 1.77. The average molecular weight is 499 g/mol. The number of urea groups is 1. The van der Waals surface area contributed by atoms with Gasteiger partial charge < -0.3 is 4.57 Å². The second-order valence-corrected chi connectivity index (χ2v) is 8.45. The van der Waals surface area contributed by atoms with Crippen LogP contribution < -0.4 is 10.2 Å². The van der Waals surface area contributed by atoms with E-state index >= 15 is 0 Å². The lowest BCUT2D eigenvalue weighted by molar-refractivity contribution is -0.122. The monoisotopic (exact) mass is 497 g/mol. The molecule has 2 heterocycles. The molecule has 0 bridgehead atoms. The SMILES string of the molecule is Cc1ccc(-n2cccc2/C=C2\C(=O)NC(=O)N(c3ccc(Br)cc3C)C2=O)cc1Cl. The van der Waals surface area contributed by atoms with E-state index in [4.69, 9.17) is 11.6 Å². The molecule has 1 N–H and O–H groups in total. The number of rotatable bonds is 3. The fraction of sp³-hybridized carbons (Fsp3) is 0.0870. The van der Waals surface area contributed by atoms with Crippen molar-refractivity contribution in [2.45, 2.75) is 13.8 Å². The summed E-state index contributed by atoms with van der Waals surface area (Å²) in [7, 11) is 0. The highest BCUT2D eigenvalue weighted by molar-refractivity contribution is 9.10. The topological polar surface area (TPSA) is 71.4 Å². The molecular weight excluding hydrogens is 482 g/mol. The van der Waals surface area contributed by atoms with E-state index in [1.807, 2.05) is 29.7 Å². The van der Waals surface area contributed by atoms with Gasteiger partial charge in [0.1, 0.15) is 5.57 Å². The van der Waals surface area contributed by atoms with Crippen molar-refractivity contribution in [2.24, 2.45) is 0 Å². The number of hydrogen-bond acceptors (Lipinski definition) is 3. The fourth-order valence-electron chi connectivity index (χ4n) is 3.37. The number of nitrogens with one attached hydrogen (secondary N) is 1. The molecule has 0 unspecified atom stereocenters. The van der Waals surface area contributed by atoms with E-state index in [-0.39, 0.29) is 5.57 Å². The molecule has 0 saturated carbocycles. The number of aryl methyl sites for hydroxylation is 2. The average Bonchev–Trinajstić information content (AvgIpc) is 3.17. The zero-order valence-electron chi connectivity index (χ0n) is 16.6. The second-order valence-electron chi connectivity index (χ2n) is 7.13. The maximum absolute atomic E-state index is 13.2. The summed E-state index contributed by atoms with van der Waals surface area (Å²) in [4.78, 5) is 39.2. The number of imide groups is 2. The fourth-order valence-corrected chi connectivity index (χ4v) is 4.02. The van der Waals surface area contributed by atoms with Crippen molar-refractivity contribution >= 4 is 57.1 Å². The van der Waals surface area contributed by atoms with E-state index in [0.717, 1.165) is 20.6 Å². The first-order chi connectivity index (χ1) is 14.8. The largest absolute Gasteiger partial charge is 0.335 e. The van der Waals surface area contributed by atoms with Crippen molar-refractivity contribution in [3.05, 3.63) is 86.6 Å². The zero-order chi connectivity index (χ0) is 22.3. The number of halogens is 2. The minimum atomic E-state index is -0.779. The van der Waals surface area contributed by atoms with Crippen molar-refractivity contribution in [1.29, 1.82) is 0 Å². The Hall–Kier alpha value is -3.16. The molecular formula is C23H17BrClN3O3. The van der Waals surface area contributed by atoms with Crippen LogP contribution in [0.5, 0.6) is 0 Å². The van der Waals surface area contributed by atoms with Crippen LogP contribution in [-0.2, 0) is 9.59 Å². The minimum absolute atomic E-state index is 0.139. The van der Waals surface area contributed by atoms with Crippen LogP contribution in [0.3, 0.4) is 0 Å². The van der Waals surface area contributed by atoms with Crippen LogP contribution in [0.4, 0.5) is 10.5 Å². The van der Waals surface area contributed by atoms with Gasteiger partial charge in [-0.25, -0.2) is 9.69 Å². The van der Waals surface area contributed by atoms with E-state index in [1.165, 1.54) is 6.08 Å². The van der Waals surface area contributed by atoms with Crippen LogP contribution in [0.1, 0.15) is 16.8 Å². The van der Waals surface area contributed by atoms with Crippen LogP contribution in [0, 0.1) is 13.8 Å². The first-order valence-corrected chi connectivity index (χ1v) is 10.5. The van der Waals surface area contributed by atoms with Gasteiger partial charge in [-0.2, -0.15) is 0 Å². The molecule has 0 atom stereocenters. The number of hydrogen-bond donors (Lipinski definition) is 1. The predicted molar refractivity (Wildman–Crippen MR) is 123 cm³/mol. The highest BCUT2D eigenvalue weighted by atomic mass is 79.9. The normalized spacial score (nSPS) is 15.5. The summed E-state index contributed by atoms with van der Waals surface area (Å²) in [5, 5.41) is 2.87. The second kappa shape index (κ2) is 8.17. The molecule has 31 heavy (non-hydrogen) atoms. The van der Waals surface area contributed by atoms with Gasteiger partial charge in [-0.1, -0.05) is 33.6 Å². The highest BCUT2D eigenvalue weighted by Gasteiger charge is 2.37. The third-order valence-corrected chi connectivity index (χ3v) is 5.91. The van der Waals surface area contributed by atoms with E-state index in [2.05, 4.69) is 21.2 Å². The molecule has 1 aliphatic rings. The maximum atomic E-state index is 13.2. The number of carbonyl (C=O) groups excluding carboxylic acids is 3. The Labute approximate surface area is 192 Å². The van der Waals surface area contributed by atoms with E-state index in [9.17, 15) is 14.4 Å². The number of carbonyl (C=O) groups is 3. The highest BCUT2D eigenvalue weighted by Crippen LogP contribution is 2.28. The molecule has 1 aromatic heterocycles. The molecule has 1 saturated heterocycles. The molecule has 1 aliphatic heterocycles. The van der Waals surface area contributed by atoms with Crippen molar-refractivity contribution in [3.8, 4) is 5.69 Å². The molecule has 2 aromatic carbocycles. The van der Waals surface area contributed by atoms with Crippen LogP contribution in [-0.4, -0.2) is 22.4 Å². The van der Waals surface area contributed by atoms with Crippen LogP contribution in [0.15, 0.2) is 64.8 Å². The lowest BCUT2D eigenvalue weighted by Crippen LogP contribution is -2.54. The Morgan fingerprint density at radius 3 is 2.48 bits per heavy atom. The lowest BCUT2D eigenvalue weighted by Gasteiger charge is -2.27. The van der Waals surface area contributed by atoms with E-state index < -0.39 is 17.8 Å². The van der Waals surface area contributed by atoms with Crippen molar-refractivity contribution < 1.29 is 14.4 Å². The van der Waals surface area contributed by atoms with Crippen molar-refractivity contribution in [1.82, 2.24) is 9.88 Å². The molecule has 6 nitrogen and oxygen atoms in total. The number of anilines is 1. The number of nitrogens with zero attached hydrogens (tertiary/aromatic N) is 2. The van der Waals surface area contributed by atoms with Gasteiger partial charge in [-0.15, -0.1) is 0 Å². The van der Waals surface area contributed by atoms with E-state index in [1.54, 1.807) is 43.5 Å². The summed E-state index contributed by atoms with van der Waals surface area (Å²) in [5.74, 6) is -1.43. The number of amides is 4. The summed E-state index contributed by atoms with van der Waals surface area (Å²) < 4.78 is 2.63. The van der Waals surface area contributed by atoms with Gasteiger partial charge >= 0.3 is 6.03 Å². The quantitative estimate of drug-likeness (QED) is 0.400. The van der Waals surface area contributed by atoms with Gasteiger partial charge in [0.15, 0.2) is 0 Å². The number of barbiturate groups is 1. The van der Waals surface area contributed by atoms with Gasteiger partial charge in [0.25, 0.3) is 11.8 Å². The first-order valence-electron chi connectivity index (χ1n) is 9.38. The third kappa shape index (κ3) is 3.94. The smallest absolute Gasteiger partial charge is 0.317 e. The molecule has 4 amide bonds. The Kier molecular flexibility index (Phi) is 5.56. The molecule has 1 fully saturated rings. The molecule has 156 valence electrons. The molecule has 0 aliphatic carbocycles. The lowest BCUT2D eigenvalue weighted by atomic mass is 10.1. The summed E-state index contributed by atoms with van der Waals surface area (Å²) in [6.45, 7) is 3.69. The molecule has 4 rings (SSSR count). The van der Waals surface area contributed by atoms with E-state index in [0.29, 0.717) is 22.0 Å². The summed E-state index contributed by atoms with van der Waals surface area (Å²) in [6, 6.07) is 13.6. The molecule has 8 heteroatoms. The number of benzene rings is 2. The zero-order valence-corrected chi connectivity index (χ0v) is 19.0. The summed E-state index contributed by atoms with van der Waals surface area (Å²) in [6.07, 6.45) is 3.28. The maximum Gasteiger partial charge on any atom is 0.335 e. The van der Waals surface area contributed by atoms with Crippen LogP contribution in [0.25, 0.3) is 11.8 Å². The van der Waals surface area contributed by atoms with Crippen molar-refractivity contribution in [2.75, 3.05) is 4.90 Å². The molecule has 0 radical (unpaired) electrons. The minimum Gasteiger partial charge on any atom is -0.317 e. The van der Waals surface area contributed by atoms with Crippen LogP contribution in [0.2, 0.25) is 5.02 Å². The Morgan fingerprint density at radius 2 is 1.77 bits per heavy atom.